The van der Waals surface area contributed by atoms with E-state index >= 15 is 0 Å². The molecule has 0 aromatic heterocycles. The molecule has 0 saturated carbocycles. The number of anilines is 1. The zero-order chi connectivity index (χ0) is 20.3. The number of rotatable bonds is 5. The van der Waals surface area contributed by atoms with Gasteiger partial charge in [0.25, 0.3) is 0 Å². The quantitative estimate of drug-likeness (QED) is 0.688. The number of primary sulfonamides is 1. The highest BCUT2D eigenvalue weighted by atomic mass is 32.2. The summed E-state index contributed by atoms with van der Waals surface area (Å²) in [5, 5.41) is 12.0. The lowest BCUT2D eigenvalue weighted by atomic mass is 10.0. The second-order valence-electron chi connectivity index (χ2n) is 6.85. The molecule has 1 unspecified atom stereocenters. The number of hydrogen-bond donors (Lipinski definition) is 1. The van der Waals surface area contributed by atoms with Gasteiger partial charge in [-0.2, -0.15) is 5.10 Å². The number of nitrogens with zero attached hydrogens (tertiary/aromatic N) is 2. The predicted molar refractivity (Wildman–Crippen MR) is 117 cm³/mol. The largest absolute Gasteiger partial charge is 0.257 e. The number of benzene rings is 3. The Morgan fingerprint density at radius 1 is 0.862 bits per heavy atom. The Kier molecular flexibility index (Phi) is 5.29. The summed E-state index contributed by atoms with van der Waals surface area (Å²) in [6, 6.07) is 26.8. The fraction of sp³-hybridized carbons (Fsp3) is 0.0870. The number of sulfonamides is 1. The number of nitrogens with two attached hydrogens (primary N) is 1. The van der Waals surface area contributed by atoms with E-state index in [2.05, 4.69) is 18.2 Å². The second-order valence-corrected chi connectivity index (χ2v) is 8.41. The van der Waals surface area contributed by atoms with Gasteiger partial charge >= 0.3 is 0 Å². The molecule has 0 spiro atoms. The highest BCUT2D eigenvalue weighted by molar-refractivity contribution is 7.89. The Hall–Kier alpha value is -3.22. The molecule has 3 aromatic carbocycles. The van der Waals surface area contributed by atoms with Gasteiger partial charge in [0.05, 0.1) is 22.3 Å². The van der Waals surface area contributed by atoms with Crippen LogP contribution in [0.4, 0.5) is 5.69 Å². The molecule has 1 heterocycles. The maximum atomic E-state index is 11.6. The fourth-order valence-electron chi connectivity index (χ4n) is 3.35. The summed E-state index contributed by atoms with van der Waals surface area (Å²) in [6.45, 7) is 0. The first-order valence-corrected chi connectivity index (χ1v) is 10.8. The monoisotopic (exact) mass is 403 g/mol. The summed E-state index contributed by atoms with van der Waals surface area (Å²) < 4.78 is 23.1. The molecule has 1 aliphatic heterocycles. The maximum absolute atomic E-state index is 11.6. The van der Waals surface area contributed by atoms with E-state index in [-0.39, 0.29) is 10.9 Å². The predicted octanol–water partition coefficient (Wildman–Crippen LogP) is 4.35. The van der Waals surface area contributed by atoms with Crippen molar-refractivity contribution in [1.29, 1.82) is 0 Å². The third kappa shape index (κ3) is 4.45. The molecule has 0 aliphatic carbocycles. The average molecular weight is 404 g/mol. The van der Waals surface area contributed by atoms with E-state index in [0.717, 1.165) is 28.9 Å². The van der Waals surface area contributed by atoms with Crippen molar-refractivity contribution in [2.75, 3.05) is 5.01 Å². The van der Waals surface area contributed by atoms with Gasteiger partial charge in [-0.15, -0.1) is 0 Å². The van der Waals surface area contributed by atoms with E-state index in [4.69, 9.17) is 10.2 Å². The standard InChI is InChI=1S/C23H21N3O2S/c24-29(27,28)22-15-13-21(14-16-22)26-23(19-9-5-2-6-10-19)17-20(25-26)12-11-18-7-3-1-4-8-18/h1-16,23H,17H2,(H2,24,27,28). The first kappa shape index (κ1) is 19.1. The number of hydrogen-bond acceptors (Lipinski definition) is 4. The Labute approximate surface area is 170 Å². The molecule has 0 saturated heterocycles. The normalized spacial score (nSPS) is 16.9. The highest BCUT2D eigenvalue weighted by Crippen LogP contribution is 2.35. The number of hydrazone groups is 1. The van der Waals surface area contributed by atoms with Crippen LogP contribution in [0.15, 0.2) is 101 Å². The van der Waals surface area contributed by atoms with Crippen LogP contribution in [-0.4, -0.2) is 14.1 Å². The second kappa shape index (κ2) is 8.03. The Balaban J connectivity index is 1.66. The van der Waals surface area contributed by atoms with Gasteiger partial charge in [0.1, 0.15) is 0 Å². The van der Waals surface area contributed by atoms with Gasteiger partial charge in [0.15, 0.2) is 0 Å². The van der Waals surface area contributed by atoms with Crippen LogP contribution in [0, 0.1) is 0 Å². The van der Waals surface area contributed by atoms with E-state index in [1.165, 1.54) is 12.1 Å². The molecule has 146 valence electrons. The molecular formula is C23H21N3O2S. The fourth-order valence-corrected chi connectivity index (χ4v) is 3.87. The minimum atomic E-state index is -3.72. The van der Waals surface area contributed by atoms with Crippen molar-refractivity contribution >= 4 is 27.5 Å². The summed E-state index contributed by atoms with van der Waals surface area (Å²) in [7, 11) is -3.72. The molecule has 0 bridgehead atoms. The van der Waals surface area contributed by atoms with Gasteiger partial charge in [0.2, 0.25) is 10.0 Å². The summed E-state index contributed by atoms with van der Waals surface area (Å²) in [5.41, 5.74) is 4.03. The van der Waals surface area contributed by atoms with Gasteiger partial charge in [0, 0.05) is 6.42 Å². The molecular weight excluding hydrogens is 382 g/mol. The minimum Gasteiger partial charge on any atom is -0.257 e. The average Bonchev–Trinajstić information content (AvgIpc) is 3.17. The minimum absolute atomic E-state index is 0.0342. The third-order valence-electron chi connectivity index (χ3n) is 4.82. The van der Waals surface area contributed by atoms with Crippen LogP contribution in [0.5, 0.6) is 0 Å². The lowest BCUT2D eigenvalue weighted by Crippen LogP contribution is -2.19. The maximum Gasteiger partial charge on any atom is 0.238 e. The summed E-state index contributed by atoms with van der Waals surface area (Å²) in [4.78, 5) is 0.0879. The van der Waals surface area contributed by atoms with Crippen LogP contribution < -0.4 is 10.1 Å². The van der Waals surface area contributed by atoms with Crippen LogP contribution in [0.1, 0.15) is 23.6 Å². The van der Waals surface area contributed by atoms with Crippen molar-refractivity contribution in [1.82, 2.24) is 0 Å². The topological polar surface area (TPSA) is 75.8 Å². The van der Waals surface area contributed by atoms with Crippen LogP contribution in [-0.2, 0) is 10.0 Å². The van der Waals surface area contributed by atoms with E-state index in [9.17, 15) is 8.42 Å². The molecule has 1 atom stereocenters. The first-order valence-electron chi connectivity index (χ1n) is 9.28. The molecule has 29 heavy (non-hydrogen) atoms. The molecule has 0 amide bonds. The lowest BCUT2D eigenvalue weighted by molar-refractivity contribution is 0.597. The van der Waals surface area contributed by atoms with Crippen LogP contribution in [0.25, 0.3) is 6.08 Å². The summed E-state index contributed by atoms with van der Waals surface area (Å²) >= 11 is 0. The van der Waals surface area contributed by atoms with Gasteiger partial charge < -0.3 is 0 Å². The van der Waals surface area contributed by atoms with Crippen molar-refractivity contribution in [3.8, 4) is 0 Å². The van der Waals surface area contributed by atoms with Gasteiger partial charge in [-0.3, -0.25) is 5.01 Å². The highest BCUT2D eigenvalue weighted by Gasteiger charge is 2.28. The molecule has 0 radical (unpaired) electrons. The first-order chi connectivity index (χ1) is 14.0. The molecule has 4 rings (SSSR count). The molecule has 6 heteroatoms. The molecule has 3 aromatic rings. The molecule has 0 fully saturated rings. The van der Waals surface area contributed by atoms with Gasteiger partial charge in [-0.1, -0.05) is 66.7 Å². The lowest BCUT2D eigenvalue weighted by Gasteiger charge is -2.24. The van der Waals surface area contributed by atoms with Crippen molar-refractivity contribution < 1.29 is 8.42 Å². The van der Waals surface area contributed by atoms with Crippen LogP contribution >= 0.6 is 0 Å². The van der Waals surface area contributed by atoms with E-state index < -0.39 is 10.0 Å². The van der Waals surface area contributed by atoms with E-state index in [1.54, 1.807) is 12.1 Å². The summed E-state index contributed by atoms with van der Waals surface area (Å²) in [5.74, 6) is 0. The van der Waals surface area contributed by atoms with Crippen LogP contribution in [0.2, 0.25) is 0 Å². The smallest absolute Gasteiger partial charge is 0.238 e. The zero-order valence-electron chi connectivity index (χ0n) is 15.7. The zero-order valence-corrected chi connectivity index (χ0v) is 16.5. The van der Waals surface area contributed by atoms with Gasteiger partial charge in [-0.05, 0) is 41.5 Å². The molecule has 5 nitrogen and oxygen atoms in total. The van der Waals surface area contributed by atoms with E-state index in [1.807, 2.05) is 59.6 Å². The Morgan fingerprint density at radius 3 is 2.10 bits per heavy atom. The summed E-state index contributed by atoms with van der Waals surface area (Å²) in [6.07, 6.45) is 4.84. The Bertz CT molecular complexity index is 1140. The third-order valence-corrected chi connectivity index (χ3v) is 5.75. The van der Waals surface area contributed by atoms with Crippen LogP contribution in [0.3, 0.4) is 0 Å². The SMILES string of the molecule is NS(=O)(=O)c1ccc(N2N=C(C=Cc3ccccc3)CC2c2ccccc2)cc1. The molecule has 2 N–H and O–H groups in total. The number of allylic oxidation sites excluding steroid dienone is 1. The van der Waals surface area contributed by atoms with E-state index in [0.29, 0.717) is 0 Å². The van der Waals surface area contributed by atoms with Crippen molar-refractivity contribution in [3.63, 3.8) is 0 Å². The molecule has 1 aliphatic rings. The van der Waals surface area contributed by atoms with Crippen molar-refractivity contribution in [2.24, 2.45) is 10.2 Å². The van der Waals surface area contributed by atoms with Gasteiger partial charge in [-0.25, -0.2) is 13.6 Å². The Morgan fingerprint density at radius 2 is 1.48 bits per heavy atom. The van der Waals surface area contributed by atoms with Crippen molar-refractivity contribution in [3.05, 3.63) is 102 Å². The van der Waals surface area contributed by atoms with Crippen molar-refractivity contribution in [2.45, 2.75) is 17.4 Å².